The number of carbonyl (C=O) groups excluding carboxylic acids is 2. The van der Waals surface area contributed by atoms with Crippen LogP contribution in [0.2, 0.25) is 0 Å². The van der Waals surface area contributed by atoms with Gasteiger partial charge in [-0.05, 0) is 56.7 Å². The molecule has 0 bridgehead atoms. The van der Waals surface area contributed by atoms with Crippen molar-refractivity contribution >= 4 is 34.8 Å². The van der Waals surface area contributed by atoms with Crippen molar-refractivity contribution in [2.45, 2.75) is 63.5 Å². The predicted octanol–water partition coefficient (Wildman–Crippen LogP) is 2.84. The average Bonchev–Trinajstić information content (AvgIpc) is 3.60. The van der Waals surface area contributed by atoms with Crippen molar-refractivity contribution in [3.63, 3.8) is 0 Å². The molecule has 1 aliphatic carbocycles. The van der Waals surface area contributed by atoms with E-state index in [0.29, 0.717) is 17.1 Å². The van der Waals surface area contributed by atoms with Gasteiger partial charge in [0.15, 0.2) is 11.5 Å². The smallest absolute Gasteiger partial charge is 0.271 e. The molecule has 2 saturated heterocycles. The fraction of sp³-hybridized carbons (Fsp3) is 0.538. The molecule has 2 unspecified atom stereocenters. The molecule has 1 saturated carbocycles. The maximum atomic E-state index is 13.5. The first-order valence-corrected chi connectivity index (χ1v) is 13.1. The zero-order valence-corrected chi connectivity index (χ0v) is 20.7. The Labute approximate surface area is 211 Å². The van der Waals surface area contributed by atoms with Crippen molar-refractivity contribution in [2.24, 2.45) is 11.5 Å². The summed E-state index contributed by atoms with van der Waals surface area (Å²) in [4.78, 5) is 38.7. The summed E-state index contributed by atoms with van der Waals surface area (Å²) in [5.41, 5.74) is 14.2. The van der Waals surface area contributed by atoms with Crippen LogP contribution in [-0.4, -0.2) is 64.9 Å². The van der Waals surface area contributed by atoms with Gasteiger partial charge in [0.2, 0.25) is 0 Å². The largest absolute Gasteiger partial charge is 0.371 e. The van der Waals surface area contributed by atoms with Crippen molar-refractivity contribution in [3.05, 3.63) is 35.7 Å². The van der Waals surface area contributed by atoms with Gasteiger partial charge in [0.25, 0.3) is 11.8 Å². The average molecular weight is 493 g/mol. The molecule has 2 atom stereocenters. The van der Waals surface area contributed by atoms with Crippen LogP contribution in [0.1, 0.15) is 72.2 Å². The number of aromatic nitrogens is 2. The van der Waals surface area contributed by atoms with E-state index < -0.39 is 5.91 Å². The number of amides is 2. The Balaban J connectivity index is 1.44. The van der Waals surface area contributed by atoms with Gasteiger partial charge >= 0.3 is 0 Å². The molecule has 1 aromatic heterocycles. The molecule has 1 aromatic carbocycles. The van der Waals surface area contributed by atoms with Crippen LogP contribution in [0.3, 0.4) is 0 Å². The molecule has 2 aliphatic heterocycles. The van der Waals surface area contributed by atoms with Gasteiger partial charge < -0.3 is 31.9 Å². The highest BCUT2D eigenvalue weighted by atomic mass is 16.2. The van der Waals surface area contributed by atoms with Gasteiger partial charge in [-0.25, -0.2) is 9.97 Å². The van der Waals surface area contributed by atoms with Gasteiger partial charge in [0.1, 0.15) is 5.82 Å². The van der Waals surface area contributed by atoms with Crippen LogP contribution in [0.4, 0.5) is 23.0 Å². The lowest BCUT2D eigenvalue weighted by Gasteiger charge is -2.29. The van der Waals surface area contributed by atoms with Gasteiger partial charge in [0, 0.05) is 49.6 Å². The van der Waals surface area contributed by atoms with Crippen LogP contribution in [0.25, 0.3) is 0 Å². The highest BCUT2D eigenvalue weighted by Gasteiger charge is 2.26. The summed E-state index contributed by atoms with van der Waals surface area (Å²) in [6.45, 7) is 3.46. The molecule has 3 heterocycles. The minimum atomic E-state index is -0.673. The van der Waals surface area contributed by atoms with Crippen LogP contribution >= 0.6 is 0 Å². The third-order valence-corrected chi connectivity index (χ3v) is 7.49. The molecule has 5 rings (SSSR count). The summed E-state index contributed by atoms with van der Waals surface area (Å²) in [5.74, 6) is 0.159. The number of hydrogen-bond donors (Lipinski definition) is 4. The number of hydrogen-bond acceptors (Lipinski definition) is 8. The van der Waals surface area contributed by atoms with E-state index in [1.54, 1.807) is 0 Å². The third-order valence-electron chi connectivity index (χ3n) is 7.49. The van der Waals surface area contributed by atoms with E-state index in [1.807, 2.05) is 23.1 Å². The lowest BCUT2D eigenvalue weighted by atomic mass is 9.91. The summed E-state index contributed by atoms with van der Waals surface area (Å²) in [6, 6.07) is 5.91. The summed E-state index contributed by atoms with van der Waals surface area (Å²) in [7, 11) is 0. The molecule has 10 heteroatoms. The van der Waals surface area contributed by atoms with E-state index in [-0.39, 0.29) is 29.5 Å². The molecule has 36 heavy (non-hydrogen) atoms. The fourth-order valence-electron chi connectivity index (χ4n) is 5.50. The van der Waals surface area contributed by atoms with Crippen molar-refractivity contribution in [1.82, 2.24) is 14.9 Å². The Morgan fingerprint density at radius 2 is 1.69 bits per heavy atom. The molecule has 10 nitrogen and oxygen atoms in total. The van der Waals surface area contributed by atoms with Gasteiger partial charge in [-0.2, -0.15) is 0 Å². The van der Waals surface area contributed by atoms with Crippen LogP contribution < -0.4 is 27.0 Å². The first kappa shape index (κ1) is 24.3. The maximum Gasteiger partial charge on any atom is 0.271 e. The zero-order chi connectivity index (χ0) is 25.1. The Morgan fingerprint density at radius 1 is 0.972 bits per heavy atom. The summed E-state index contributed by atoms with van der Waals surface area (Å²) >= 11 is 0. The lowest BCUT2D eigenvalue weighted by molar-refractivity contribution is 0.0793. The molecule has 3 fully saturated rings. The molecule has 2 aromatic rings. The molecule has 6 N–H and O–H groups in total. The van der Waals surface area contributed by atoms with Crippen molar-refractivity contribution in [1.29, 1.82) is 0 Å². The Kier molecular flexibility index (Phi) is 7.22. The monoisotopic (exact) mass is 492 g/mol. The van der Waals surface area contributed by atoms with E-state index in [2.05, 4.69) is 25.5 Å². The number of likely N-dealkylation sites (tertiary alicyclic amines) is 1. The maximum absolute atomic E-state index is 13.5. The first-order valence-electron chi connectivity index (χ1n) is 13.1. The quantitative estimate of drug-likeness (QED) is 0.462. The van der Waals surface area contributed by atoms with E-state index in [4.69, 9.17) is 11.5 Å². The number of nitrogens with one attached hydrogen (secondary N) is 2. The number of rotatable bonds is 7. The van der Waals surface area contributed by atoms with Crippen LogP contribution in [-0.2, 0) is 0 Å². The SMILES string of the molecule is NC(=O)c1ncc(NC2CCCCC2N)nc1Nc1ccc(N2CCCC2)c(C(=O)N2CCCC2)c1. The minimum absolute atomic E-state index is 0.0426. The summed E-state index contributed by atoms with van der Waals surface area (Å²) < 4.78 is 0. The molecule has 0 radical (unpaired) electrons. The van der Waals surface area contributed by atoms with Gasteiger partial charge in [0.05, 0.1) is 11.8 Å². The van der Waals surface area contributed by atoms with Gasteiger partial charge in [-0.15, -0.1) is 0 Å². The second-order valence-electron chi connectivity index (χ2n) is 10.1. The highest BCUT2D eigenvalue weighted by molar-refractivity contribution is 6.01. The van der Waals surface area contributed by atoms with Crippen LogP contribution in [0, 0.1) is 0 Å². The third kappa shape index (κ3) is 5.23. The summed E-state index contributed by atoms with van der Waals surface area (Å²) in [6.07, 6.45) is 10.0. The number of nitrogens with two attached hydrogens (primary N) is 2. The highest BCUT2D eigenvalue weighted by Crippen LogP contribution is 2.31. The topological polar surface area (TPSA) is 142 Å². The van der Waals surface area contributed by atoms with E-state index in [0.717, 1.165) is 83.2 Å². The van der Waals surface area contributed by atoms with Crippen molar-refractivity contribution in [2.75, 3.05) is 41.7 Å². The van der Waals surface area contributed by atoms with Crippen molar-refractivity contribution < 1.29 is 9.59 Å². The molecular weight excluding hydrogens is 456 g/mol. The second kappa shape index (κ2) is 10.7. The zero-order valence-electron chi connectivity index (χ0n) is 20.7. The number of anilines is 4. The number of primary amides is 1. The van der Waals surface area contributed by atoms with Gasteiger partial charge in [-0.1, -0.05) is 12.8 Å². The number of nitrogens with zero attached hydrogens (tertiary/aromatic N) is 4. The Morgan fingerprint density at radius 3 is 2.42 bits per heavy atom. The molecule has 3 aliphatic rings. The molecule has 2 amide bonds. The second-order valence-corrected chi connectivity index (χ2v) is 10.1. The van der Waals surface area contributed by atoms with Crippen molar-refractivity contribution in [3.8, 4) is 0 Å². The summed E-state index contributed by atoms with van der Waals surface area (Å²) in [5, 5.41) is 6.59. The molecule has 192 valence electrons. The number of carbonyl (C=O) groups is 2. The first-order chi connectivity index (χ1) is 17.5. The standard InChI is InChI=1S/C26H36N8O2/c27-19-7-1-2-8-20(19)31-22-16-29-23(24(28)35)25(32-22)30-17-9-10-21(33-11-3-4-12-33)18(15-17)26(36)34-13-5-6-14-34/h9-10,15-16,19-20H,1-8,11-14,27H2,(H2,28,35)(H2,30,31,32). The molecule has 0 spiro atoms. The molecular formula is C26H36N8O2. The van der Waals surface area contributed by atoms with E-state index in [1.165, 1.54) is 6.20 Å². The fourth-order valence-corrected chi connectivity index (χ4v) is 5.50. The van der Waals surface area contributed by atoms with Gasteiger partial charge in [-0.3, -0.25) is 9.59 Å². The predicted molar refractivity (Wildman–Crippen MR) is 141 cm³/mol. The minimum Gasteiger partial charge on any atom is -0.371 e. The lowest BCUT2D eigenvalue weighted by Crippen LogP contribution is -2.42. The van der Waals surface area contributed by atoms with Crippen LogP contribution in [0.5, 0.6) is 0 Å². The Hall–Kier alpha value is -3.40. The Bertz CT molecular complexity index is 1110. The number of benzene rings is 1. The van der Waals surface area contributed by atoms with Crippen LogP contribution in [0.15, 0.2) is 24.4 Å². The van der Waals surface area contributed by atoms with E-state index in [9.17, 15) is 9.59 Å². The van der Waals surface area contributed by atoms with E-state index >= 15 is 0 Å². The normalized spacial score (nSPS) is 22.0.